The standard InChI is InChI=1S/C16H14FNO2S3/c1-3-20-15(19)14-10(8-22-16-18-9(2)7-21-16)13-11(17)5-4-6-12(13)23-14/h4-7H,3,8H2,1-2H3. The normalized spacial score (nSPS) is 11.1. The van der Waals surface area contributed by atoms with E-state index < -0.39 is 0 Å². The Morgan fingerprint density at radius 2 is 2.26 bits per heavy atom. The minimum Gasteiger partial charge on any atom is -0.462 e. The van der Waals surface area contributed by atoms with Crippen molar-refractivity contribution in [3.05, 3.63) is 45.5 Å². The molecule has 1 aromatic carbocycles. The first-order valence-corrected chi connectivity index (χ1v) is 9.70. The lowest BCUT2D eigenvalue weighted by Crippen LogP contribution is -2.04. The summed E-state index contributed by atoms with van der Waals surface area (Å²) in [6.07, 6.45) is 0. The maximum Gasteiger partial charge on any atom is 0.348 e. The maximum absolute atomic E-state index is 14.3. The summed E-state index contributed by atoms with van der Waals surface area (Å²) in [5, 5.41) is 2.49. The molecule has 0 fully saturated rings. The number of thioether (sulfide) groups is 1. The van der Waals surface area contributed by atoms with Gasteiger partial charge in [-0.15, -0.1) is 22.7 Å². The summed E-state index contributed by atoms with van der Waals surface area (Å²) < 4.78 is 21.1. The third-order valence-corrected chi connectivity index (χ3v) is 6.50. The van der Waals surface area contributed by atoms with Gasteiger partial charge >= 0.3 is 5.97 Å². The van der Waals surface area contributed by atoms with Crippen molar-refractivity contribution < 1.29 is 13.9 Å². The fourth-order valence-electron chi connectivity index (χ4n) is 2.20. The first kappa shape index (κ1) is 16.4. The zero-order chi connectivity index (χ0) is 16.4. The van der Waals surface area contributed by atoms with Crippen LogP contribution in [0.1, 0.15) is 27.9 Å². The summed E-state index contributed by atoms with van der Waals surface area (Å²) >= 11 is 4.34. The van der Waals surface area contributed by atoms with Crippen LogP contribution in [0.3, 0.4) is 0 Å². The van der Waals surface area contributed by atoms with Crippen LogP contribution in [0.4, 0.5) is 4.39 Å². The number of hydrogen-bond acceptors (Lipinski definition) is 6. The Kier molecular flexibility index (Phi) is 4.99. The van der Waals surface area contributed by atoms with Gasteiger partial charge in [0.1, 0.15) is 15.0 Å². The van der Waals surface area contributed by atoms with E-state index in [1.54, 1.807) is 24.3 Å². The Labute approximate surface area is 145 Å². The number of carbonyl (C=O) groups excluding carboxylic acids is 1. The molecule has 0 unspecified atom stereocenters. The first-order chi connectivity index (χ1) is 11.1. The average Bonchev–Trinajstić information content (AvgIpc) is 3.10. The molecule has 0 amide bonds. The van der Waals surface area contributed by atoms with Crippen molar-refractivity contribution in [2.45, 2.75) is 23.9 Å². The van der Waals surface area contributed by atoms with E-state index in [0.29, 0.717) is 28.2 Å². The number of carbonyl (C=O) groups is 1. The van der Waals surface area contributed by atoms with Crippen LogP contribution in [0.2, 0.25) is 0 Å². The van der Waals surface area contributed by atoms with Gasteiger partial charge in [-0.05, 0) is 31.5 Å². The second kappa shape index (κ2) is 6.98. The summed E-state index contributed by atoms with van der Waals surface area (Å²) in [7, 11) is 0. The molecule has 23 heavy (non-hydrogen) atoms. The number of ether oxygens (including phenoxy) is 1. The van der Waals surface area contributed by atoms with E-state index in [9.17, 15) is 9.18 Å². The number of benzene rings is 1. The molecule has 2 heterocycles. The molecule has 0 aliphatic heterocycles. The second-order valence-electron chi connectivity index (χ2n) is 4.79. The van der Waals surface area contributed by atoms with Crippen LogP contribution in [0.15, 0.2) is 27.9 Å². The van der Waals surface area contributed by atoms with Crippen molar-refractivity contribution in [1.82, 2.24) is 4.98 Å². The fraction of sp³-hybridized carbons (Fsp3) is 0.250. The van der Waals surface area contributed by atoms with Gasteiger partial charge in [0.15, 0.2) is 0 Å². The number of hydrogen-bond donors (Lipinski definition) is 0. The van der Waals surface area contributed by atoms with Gasteiger partial charge in [0, 0.05) is 26.9 Å². The molecule has 3 nitrogen and oxygen atoms in total. The summed E-state index contributed by atoms with van der Waals surface area (Å²) in [6, 6.07) is 4.91. The Hall–Kier alpha value is -1.44. The molecular formula is C16H14FNO2S3. The van der Waals surface area contributed by atoms with Crippen molar-refractivity contribution in [3.63, 3.8) is 0 Å². The third kappa shape index (κ3) is 3.41. The molecule has 120 valence electrons. The van der Waals surface area contributed by atoms with Crippen molar-refractivity contribution in [3.8, 4) is 0 Å². The predicted octanol–water partition coefficient (Wildman–Crippen LogP) is 5.27. The van der Waals surface area contributed by atoms with E-state index in [-0.39, 0.29) is 11.8 Å². The number of thiophene rings is 1. The predicted molar refractivity (Wildman–Crippen MR) is 94.2 cm³/mol. The molecule has 0 radical (unpaired) electrons. The molecule has 0 saturated heterocycles. The number of halogens is 1. The van der Waals surface area contributed by atoms with Gasteiger partial charge in [-0.2, -0.15) is 0 Å². The molecule has 3 aromatic rings. The van der Waals surface area contributed by atoms with E-state index >= 15 is 0 Å². The minimum absolute atomic E-state index is 0.299. The van der Waals surface area contributed by atoms with Gasteiger partial charge in [-0.3, -0.25) is 0 Å². The summed E-state index contributed by atoms with van der Waals surface area (Å²) in [6.45, 7) is 4.00. The van der Waals surface area contributed by atoms with Crippen molar-refractivity contribution in [2.24, 2.45) is 0 Å². The summed E-state index contributed by atoms with van der Waals surface area (Å²) in [4.78, 5) is 17.1. The molecular weight excluding hydrogens is 353 g/mol. The zero-order valence-electron chi connectivity index (χ0n) is 12.6. The van der Waals surface area contributed by atoms with Gasteiger partial charge in [0.25, 0.3) is 0 Å². The topological polar surface area (TPSA) is 39.2 Å². The third-order valence-electron chi connectivity index (χ3n) is 3.16. The van der Waals surface area contributed by atoms with E-state index in [1.165, 1.54) is 29.2 Å². The van der Waals surface area contributed by atoms with Gasteiger partial charge in [-0.1, -0.05) is 17.8 Å². The molecule has 0 aliphatic rings. The van der Waals surface area contributed by atoms with Gasteiger partial charge in [0.2, 0.25) is 0 Å². The number of fused-ring (bicyclic) bond motifs is 1. The number of aromatic nitrogens is 1. The number of rotatable bonds is 5. The summed E-state index contributed by atoms with van der Waals surface area (Å²) in [5.41, 5.74) is 1.66. The molecule has 3 rings (SSSR count). The highest BCUT2D eigenvalue weighted by Crippen LogP contribution is 2.38. The fourth-order valence-corrected chi connectivity index (χ4v) is 5.30. The Balaban J connectivity index is 2.00. The number of nitrogens with zero attached hydrogens (tertiary/aromatic N) is 1. The highest BCUT2D eigenvalue weighted by molar-refractivity contribution is 8.00. The monoisotopic (exact) mass is 367 g/mol. The van der Waals surface area contributed by atoms with Crippen LogP contribution in [0.25, 0.3) is 10.1 Å². The molecule has 0 aliphatic carbocycles. The largest absolute Gasteiger partial charge is 0.462 e. The van der Waals surface area contributed by atoms with Gasteiger partial charge < -0.3 is 4.74 Å². The number of aryl methyl sites for hydroxylation is 1. The molecule has 0 saturated carbocycles. The van der Waals surface area contributed by atoms with Crippen LogP contribution in [0.5, 0.6) is 0 Å². The Bertz CT molecular complexity index is 856. The quantitative estimate of drug-likeness (QED) is 0.455. The van der Waals surface area contributed by atoms with Crippen LogP contribution in [-0.4, -0.2) is 17.6 Å². The van der Waals surface area contributed by atoms with Crippen LogP contribution < -0.4 is 0 Å². The van der Waals surface area contributed by atoms with E-state index in [4.69, 9.17) is 4.74 Å². The second-order valence-corrected chi connectivity index (χ2v) is 7.92. The van der Waals surface area contributed by atoms with Gasteiger partial charge in [-0.25, -0.2) is 14.2 Å². The lowest BCUT2D eigenvalue weighted by atomic mass is 10.1. The lowest BCUT2D eigenvalue weighted by molar-refractivity contribution is 0.0531. The average molecular weight is 367 g/mol. The molecule has 0 bridgehead atoms. The van der Waals surface area contributed by atoms with E-state index in [1.807, 2.05) is 18.4 Å². The van der Waals surface area contributed by atoms with Crippen molar-refractivity contribution in [1.29, 1.82) is 0 Å². The number of esters is 1. The number of thiazole rings is 1. The van der Waals surface area contributed by atoms with Crippen LogP contribution in [-0.2, 0) is 10.5 Å². The Morgan fingerprint density at radius 1 is 1.43 bits per heavy atom. The SMILES string of the molecule is CCOC(=O)c1sc2cccc(F)c2c1CSc1nc(C)cs1. The molecule has 2 aromatic heterocycles. The first-order valence-electron chi connectivity index (χ1n) is 7.02. The molecule has 0 spiro atoms. The summed E-state index contributed by atoms with van der Waals surface area (Å²) in [5.74, 6) is -0.207. The zero-order valence-corrected chi connectivity index (χ0v) is 15.0. The highest BCUT2D eigenvalue weighted by atomic mass is 32.2. The maximum atomic E-state index is 14.3. The lowest BCUT2D eigenvalue weighted by Gasteiger charge is -2.04. The molecule has 7 heteroatoms. The molecule has 0 atom stereocenters. The Morgan fingerprint density at radius 3 is 2.96 bits per heavy atom. The van der Waals surface area contributed by atoms with E-state index in [0.717, 1.165) is 14.7 Å². The van der Waals surface area contributed by atoms with Crippen LogP contribution in [0, 0.1) is 12.7 Å². The van der Waals surface area contributed by atoms with Crippen molar-refractivity contribution >= 4 is 50.5 Å². The van der Waals surface area contributed by atoms with Crippen molar-refractivity contribution in [2.75, 3.05) is 6.61 Å². The minimum atomic E-state index is -0.390. The molecule has 0 N–H and O–H groups in total. The van der Waals surface area contributed by atoms with E-state index in [2.05, 4.69) is 4.98 Å². The van der Waals surface area contributed by atoms with Crippen LogP contribution >= 0.6 is 34.4 Å². The smallest absolute Gasteiger partial charge is 0.348 e. The van der Waals surface area contributed by atoms with Gasteiger partial charge in [0.05, 0.1) is 6.61 Å². The highest BCUT2D eigenvalue weighted by Gasteiger charge is 2.22.